The van der Waals surface area contributed by atoms with Gasteiger partial charge in [-0.05, 0) is 73.0 Å². The minimum Gasteiger partial charge on any atom is -0.436 e. The summed E-state index contributed by atoms with van der Waals surface area (Å²) >= 11 is 5.93. The van der Waals surface area contributed by atoms with Crippen LogP contribution in [0, 0.1) is 13.8 Å². The number of hydrogen-bond donors (Lipinski definition) is 1. The van der Waals surface area contributed by atoms with Gasteiger partial charge in [0.2, 0.25) is 5.89 Å². The summed E-state index contributed by atoms with van der Waals surface area (Å²) in [6, 6.07) is 18.8. The molecule has 1 amide bonds. The monoisotopic (exact) mass is 390 g/mol. The molecular weight excluding hydrogens is 372 g/mol. The zero-order chi connectivity index (χ0) is 19.7. The van der Waals surface area contributed by atoms with Gasteiger partial charge in [-0.15, -0.1) is 0 Å². The zero-order valence-electron chi connectivity index (χ0n) is 15.6. The summed E-state index contributed by atoms with van der Waals surface area (Å²) in [5.74, 6) is 0.436. The Morgan fingerprint density at radius 3 is 2.54 bits per heavy atom. The third-order valence-electron chi connectivity index (χ3n) is 4.74. The van der Waals surface area contributed by atoms with Crippen LogP contribution in [0.5, 0.6) is 0 Å². The minimum absolute atomic E-state index is 0.156. The van der Waals surface area contributed by atoms with Crippen LogP contribution < -0.4 is 5.32 Å². The normalized spacial score (nSPS) is 11.0. The van der Waals surface area contributed by atoms with Gasteiger partial charge in [-0.2, -0.15) is 0 Å². The van der Waals surface area contributed by atoms with E-state index in [1.165, 1.54) is 11.1 Å². The van der Waals surface area contributed by atoms with Crippen LogP contribution in [0.25, 0.3) is 22.6 Å². The Labute approximate surface area is 168 Å². The number of rotatable bonds is 4. The van der Waals surface area contributed by atoms with Crippen LogP contribution in [-0.4, -0.2) is 10.9 Å². The van der Waals surface area contributed by atoms with Crippen molar-refractivity contribution in [3.8, 4) is 11.5 Å². The van der Waals surface area contributed by atoms with Crippen LogP contribution in [0.4, 0.5) is 0 Å². The number of halogens is 1. The van der Waals surface area contributed by atoms with E-state index < -0.39 is 0 Å². The molecule has 1 heterocycles. The van der Waals surface area contributed by atoms with Crippen molar-refractivity contribution in [1.82, 2.24) is 10.3 Å². The van der Waals surface area contributed by atoms with E-state index in [0.717, 1.165) is 22.2 Å². The largest absolute Gasteiger partial charge is 0.436 e. The SMILES string of the molecule is Cc1cc2nc(-c3ccc(CNC(=O)c4cccc(Cl)c4)cc3)oc2cc1C. The fourth-order valence-corrected chi connectivity index (χ4v) is 3.17. The molecule has 0 unspecified atom stereocenters. The Bertz CT molecular complexity index is 1120. The Morgan fingerprint density at radius 2 is 1.79 bits per heavy atom. The van der Waals surface area contributed by atoms with Crippen molar-refractivity contribution in [3.05, 3.63) is 87.9 Å². The van der Waals surface area contributed by atoms with E-state index in [2.05, 4.69) is 24.1 Å². The average molecular weight is 391 g/mol. The number of nitrogens with zero attached hydrogens (tertiary/aromatic N) is 1. The molecule has 0 fully saturated rings. The molecule has 5 heteroatoms. The number of oxazole rings is 1. The summed E-state index contributed by atoms with van der Waals surface area (Å²) in [7, 11) is 0. The van der Waals surface area contributed by atoms with Crippen molar-refractivity contribution in [2.75, 3.05) is 0 Å². The van der Waals surface area contributed by atoms with Crippen molar-refractivity contribution in [3.63, 3.8) is 0 Å². The topological polar surface area (TPSA) is 55.1 Å². The number of aromatic nitrogens is 1. The average Bonchev–Trinajstić information content (AvgIpc) is 3.09. The Morgan fingerprint density at radius 1 is 1.04 bits per heavy atom. The van der Waals surface area contributed by atoms with Gasteiger partial charge >= 0.3 is 0 Å². The van der Waals surface area contributed by atoms with Gasteiger partial charge in [0.25, 0.3) is 5.91 Å². The summed E-state index contributed by atoms with van der Waals surface area (Å²) in [5, 5.41) is 3.44. The molecule has 4 nitrogen and oxygen atoms in total. The van der Waals surface area contributed by atoms with Crippen molar-refractivity contribution in [2.45, 2.75) is 20.4 Å². The summed E-state index contributed by atoms with van der Waals surface area (Å²) in [5.41, 5.74) is 6.45. The number of carbonyl (C=O) groups excluding carboxylic acids is 1. The third kappa shape index (κ3) is 3.78. The van der Waals surface area contributed by atoms with E-state index >= 15 is 0 Å². The first kappa shape index (κ1) is 18.3. The lowest BCUT2D eigenvalue weighted by atomic mass is 10.1. The fourth-order valence-electron chi connectivity index (χ4n) is 2.98. The van der Waals surface area contributed by atoms with Crippen molar-refractivity contribution in [2.24, 2.45) is 0 Å². The zero-order valence-corrected chi connectivity index (χ0v) is 16.4. The lowest BCUT2D eigenvalue weighted by Crippen LogP contribution is -2.22. The lowest BCUT2D eigenvalue weighted by Gasteiger charge is -2.06. The predicted octanol–water partition coefficient (Wildman–Crippen LogP) is 5.70. The van der Waals surface area contributed by atoms with E-state index in [0.29, 0.717) is 23.0 Å². The second-order valence-electron chi connectivity index (χ2n) is 6.81. The van der Waals surface area contributed by atoms with Gasteiger partial charge in [-0.3, -0.25) is 4.79 Å². The molecule has 0 aliphatic rings. The number of benzene rings is 3. The third-order valence-corrected chi connectivity index (χ3v) is 4.98. The molecule has 28 heavy (non-hydrogen) atoms. The predicted molar refractivity (Wildman–Crippen MR) is 112 cm³/mol. The molecule has 0 atom stereocenters. The smallest absolute Gasteiger partial charge is 0.251 e. The highest BCUT2D eigenvalue weighted by atomic mass is 35.5. The van der Waals surface area contributed by atoms with Crippen molar-refractivity contribution in [1.29, 1.82) is 0 Å². The maximum atomic E-state index is 12.2. The fraction of sp³-hybridized carbons (Fsp3) is 0.130. The van der Waals surface area contributed by atoms with E-state index in [-0.39, 0.29) is 5.91 Å². The summed E-state index contributed by atoms with van der Waals surface area (Å²) in [4.78, 5) is 16.8. The van der Waals surface area contributed by atoms with Gasteiger partial charge in [-0.25, -0.2) is 4.98 Å². The van der Waals surface area contributed by atoms with E-state index in [4.69, 9.17) is 16.0 Å². The summed E-state index contributed by atoms with van der Waals surface area (Å²) < 4.78 is 5.90. The number of aryl methyl sites for hydroxylation is 2. The van der Waals surface area contributed by atoms with Crippen molar-refractivity contribution < 1.29 is 9.21 Å². The maximum absolute atomic E-state index is 12.2. The van der Waals surface area contributed by atoms with Gasteiger partial charge < -0.3 is 9.73 Å². The highest BCUT2D eigenvalue weighted by Gasteiger charge is 2.10. The molecular formula is C23H19ClN2O2. The molecule has 4 aromatic rings. The molecule has 140 valence electrons. The quantitative estimate of drug-likeness (QED) is 0.486. The van der Waals surface area contributed by atoms with E-state index in [1.807, 2.05) is 36.4 Å². The first-order valence-corrected chi connectivity index (χ1v) is 9.38. The molecule has 0 spiro atoms. The van der Waals surface area contributed by atoms with Gasteiger partial charge in [0, 0.05) is 22.7 Å². The van der Waals surface area contributed by atoms with Gasteiger partial charge in [0.1, 0.15) is 5.52 Å². The highest BCUT2D eigenvalue weighted by molar-refractivity contribution is 6.30. The Balaban J connectivity index is 1.47. The second kappa shape index (κ2) is 7.49. The first-order valence-electron chi connectivity index (χ1n) is 9.00. The number of nitrogens with one attached hydrogen (secondary N) is 1. The van der Waals surface area contributed by atoms with Crippen LogP contribution in [0.1, 0.15) is 27.0 Å². The highest BCUT2D eigenvalue weighted by Crippen LogP contribution is 2.26. The standard InChI is InChI=1S/C23H19ClN2O2/c1-14-10-20-21(11-15(14)2)28-23(26-20)17-8-6-16(7-9-17)13-25-22(27)18-4-3-5-19(24)12-18/h3-12H,13H2,1-2H3,(H,25,27). The van der Waals surface area contributed by atoms with Gasteiger partial charge in [0.15, 0.2) is 5.58 Å². The Hall–Kier alpha value is -3.11. The molecule has 0 aliphatic heterocycles. The number of hydrogen-bond acceptors (Lipinski definition) is 3. The molecule has 3 aromatic carbocycles. The molecule has 4 rings (SSSR count). The molecule has 1 N–H and O–H groups in total. The van der Waals surface area contributed by atoms with Crippen LogP contribution in [0.3, 0.4) is 0 Å². The molecule has 0 saturated carbocycles. The summed E-state index contributed by atoms with van der Waals surface area (Å²) in [6.45, 7) is 4.55. The molecule has 0 aliphatic carbocycles. The first-order chi connectivity index (χ1) is 13.5. The van der Waals surface area contributed by atoms with Crippen LogP contribution in [0.2, 0.25) is 5.02 Å². The molecule has 1 aromatic heterocycles. The Kier molecular flexibility index (Phi) is 4.88. The van der Waals surface area contributed by atoms with E-state index in [9.17, 15) is 4.79 Å². The van der Waals surface area contributed by atoms with E-state index in [1.54, 1.807) is 24.3 Å². The van der Waals surface area contributed by atoms with Crippen molar-refractivity contribution >= 4 is 28.6 Å². The van der Waals surface area contributed by atoms with Crippen LogP contribution >= 0.6 is 11.6 Å². The maximum Gasteiger partial charge on any atom is 0.251 e. The second-order valence-corrected chi connectivity index (χ2v) is 7.25. The minimum atomic E-state index is -0.156. The van der Waals surface area contributed by atoms with Gasteiger partial charge in [0.05, 0.1) is 0 Å². The molecule has 0 saturated heterocycles. The number of carbonyl (C=O) groups is 1. The van der Waals surface area contributed by atoms with Gasteiger partial charge in [-0.1, -0.05) is 29.8 Å². The number of amides is 1. The summed E-state index contributed by atoms with van der Waals surface area (Å²) in [6.07, 6.45) is 0. The number of fused-ring (bicyclic) bond motifs is 1. The van der Waals surface area contributed by atoms with Crippen LogP contribution in [-0.2, 0) is 6.54 Å². The lowest BCUT2D eigenvalue weighted by molar-refractivity contribution is 0.0951. The molecule has 0 bridgehead atoms. The molecule has 0 radical (unpaired) electrons. The van der Waals surface area contributed by atoms with Crippen LogP contribution in [0.15, 0.2) is 65.1 Å².